The van der Waals surface area contributed by atoms with Crippen molar-refractivity contribution in [3.63, 3.8) is 0 Å². The van der Waals surface area contributed by atoms with Gasteiger partial charge in [-0.05, 0) is 41.8 Å². The number of aryl methyl sites for hydroxylation is 1. The third-order valence-corrected chi connectivity index (χ3v) is 3.16. The van der Waals surface area contributed by atoms with Crippen LogP contribution in [0.5, 0.6) is 5.75 Å². The van der Waals surface area contributed by atoms with Gasteiger partial charge in [0.2, 0.25) is 0 Å². The molecule has 0 saturated carbocycles. The number of hydrogen-bond donors (Lipinski definition) is 0. The Kier molecular flexibility index (Phi) is 4.58. The molecule has 2 nitrogen and oxygen atoms in total. The van der Waals surface area contributed by atoms with Gasteiger partial charge in [0.05, 0.1) is 0 Å². The monoisotopic (exact) mass is 274 g/mol. The molecule has 0 amide bonds. The van der Waals surface area contributed by atoms with Gasteiger partial charge in [0.15, 0.2) is 0 Å². The van der Waals surface area contributed by atoms with Crippen LogP contribution in [0.4, 0.5) is 0 Å². The predicted molar refractivity (Wildman–Crippen MR) is 76.8 cm³/mol. The predicted octanol–water partition coefficient (Wildman–Crippen LogP) is 4.21. The molecule has 0 aliphatic rings. The first-order valence-electron chi connectivity index (χ1n) is 6.20. The molecule has 2 aromatic carbocycles. The van der Waals surface area contributed by atoms with Gasteiger partial charge in [0.25, 0.3) is 5.24 Å². The minimum absolute atomic E-state index is 0.333. The number of benzene rings is 2. The summed E-state index contributed by atoms with van der Waals surface area (Å²) in [6.45, 7) is 2.44. The molecule has 0 aliphatic carbocycles. The fourth-order valence-corrected chi connectivity index (χ4v) is 2.00. The molecule has 0 aliphatic heterocycles. The lowest BCUT2D eigenvalue weighted by Gasteiger charge is -2.09. The number of rotatable bonds is 5. The molecule has 0 atom stereocenters. The number of halogens is 1. The quantitative estimate of drug-likeness (QED) is 0.764. The highest BCUT2D eigenvalue weighted by atomic mass is 35.5. The number of carbonyl (C=O) groups is 1. The largest absolute Gasteiger partial charge is 0.489 e. The van der Waals surface area contributed by atoms with Crippen molar-refractivity contribution in [3.8, 4) is 5.75 Å². The fourth-order valence-electron chi connectivity index (χ4n) is 1.82. The Morgan fingerprint density at radius 3 is 2.42 bits per heavy atom. The third kappa shape index (κ3) is 3.58. The highest BCUT2D eigenvalue weighted by Crippen LogP contribution is 2.17. The molecule has 0 radical (unpaired) electrons. The van der Waals surface area contributed by atoms with Crippen LogP contribution in [0.1, 0.15) is 28.4 Å². The highest BCUT2D eigenvalue weighted by Gasteiger charge is 2.08. The molecule has 0 N–H and O–H groups in total. The minimum Gasteiger partial charge on any atom is -0.489 e. The van der Waals surface area contributed by atoms with Crippen molar-refractivity contribution in [3.05, 3.63) is 65.2 Å². The molecule has 2 rings (SSSR count). The normalized spacial score (nSPS) is 10.2. The van der Waals surface area contributed by atoms with Crippen LogP contribution in [0.3, 0.4) is 0 Å². The molecule has 0 saturated heterocycles. The molecule has 2 aromatic rings. The van der Waals surface area contributed by atoms with E-state index in [2.05, 4.69) is 6.92 Å². The fraction of sp³-hybridized carbons (Fsp3) is 0.188. The summed E-state index contributed by atoms with van der Waals surface area (Å²) in [5.41, 5.74) is 2.56. The van der Waals surface area contributed by atoms with Crippen LogP contribution < -0.4 is 4.74 Å². The molecular formula is C16H15ClO2. The zero-order chi connectivity index (χ0) is 13.7. The molecule has 0 fully saturated rings. The summed E-state index contributed by atoms with van der Waals surface area (Å²) in [5.74, 6) is 0.786. The van der Waals surface area contributed by atoms with Crippen molar-refractivity contribution in [2.75, 3.05) is 0 Å². The maximum Gasteiger partial charge on any atom is 0.252 e. The van der Waals surface area contributed by atoms with Crippen LogP contribution in [-0.4, -0.2) is 5.24 Å². The van der Waals surface area contributed by atoms with Crippen LogP contribution >= 0.6 is 11.6 Å². The van der Waals surface area contributed by atoms with E-state index in [1.165, 1.54) is 5.56 Å². The van der Waals surface area contributed by atoms with Gasteiger partial charge in [0.1, 0.15) is 12.4 Å². The lowest BCUT2D eigenvalue weighted by molar-refractivity contribution is 0.107. The summed E-state index contributed by atoms with van der Waals surface area (Å²) in [6.07, 6.45) is 1.00. The molecule has 19 heavy (non-hydrogen) atoms. The van der Waals surface area contributed by atoms with Crippen molar-refractivity contribution in [2.24, 2.45) is 0 Å². The van der Waals surface area contributed by atoms with E-state index in [9.17, 15) is 4.79 Å². The average Bonchev–Trinajstić information content (AvgIpc) is 2.46. The third-order valence-electron chi connectivity index (χ3n) is 2.96. The van der Waals surface area contributed by atoms with E-state index >= 15 is 0 Å². The second kappa shape index (κ2) is 6.39. The van der Waals surface area contributed by atoms with E-state index < -0.39 is 5.24 Å². The minimum atomic E-state index is -0.458. The molecule has 98 valence electrons. The van der Waals surface area contributed by atoms with Crippen molar-refractivity contribution in [1.82, 2.24) is 0 Å². The van der Waals surface area contributed by atoms with Gasteiger partial charge in [0, 0.05) is 11.1 Å². The first-order chi connectivity index (χ1) is 9.20. The van der Waals surface area contributed by atoms with E-state index in [1.807, 2.05) is 36.4 Å². The van der Waals surface area contributed by atoms with Crippen LogP contribution in [0.25, 0.3) is 0 Å². The second-order valence-electron chi connectivity index (χ2n) is 4.22. The number of hydrogen-bond acceptors (Lipinski definition) is 2. The van der Waals surface area contributed by atoms with Gasteiger partial charge >= 0.3 is 0 Å². The van der Waals surface area contributed by atoms with Crippen molar-refractivity contribution in [1.29, 1.82) is 0 Å². The molecule has 0 heterocycles. The summed E-state index contributed by atoms with van der Waals surface area (Å²) < 4.78 is 5.67. The summed E-state index contributed by atoms with van der Waals surface area (Å²) in [6, 6.07) is 15.1. The molecule has 3 heteroatoms. The van der Waals surface area contributed by atoms with E-state index in [4.69, 9.17) is 16.3 Å². The maximum atomic E-state index is 11.3. The Morgan fingerprint density at radius 2 is 1.79 bits per heavy atom. The Labute approximate surface area is 118 Å². The molecule has 0 spiro atoms. The van der Waals surface area contributed by atoms with Gasteiger partial charge in [-0.2, -0.15) is 0 Å². The van der Waals surface area contributed by atoms with Crippen LogP contribution in [0.2, 0.25) is 0 Å². The standard InChI is InChI=1S/C16H15ClO2/c1-2-12-7-9-14(10-8-12)19-11-13-5-3-4-6-15(13)16(17)18/h3-10H,2,11H2,1H3. The highest BCUT2D eigenvalue weighted by molar-refractivity contribution is 6.67. The van der Waals surface area contributed by atoms with E-state index in [1.54, 1.807) is 12.1 Å². The Balaban J connectivity index is 2.07. The Morgan fingerprint density at radius 1 is 1.11 bits per heavy atom. The lowest BCUT2D eigenvalue weighted by atomic mass is 10.1. The van der Waals surface area contributed by atoms with Crippen LogP contribution in [0.15, 0.2) is 48.5 Å². The molecule has 0 unspecified atom stereocenters. The smallest absolute Gasteiger partial charge is 0.252 e. The summed E-state index contributed by atoms with van der Waals surface area (Å²) >= 11 is 5.54. The maximum absolute atomic E-state index is 11.3. The summed E-state index contributed by atoms with van der Waals surface area (Å²) in [7, 11) is 0. The van der Waals surface area contributed by atoms with Gasteiger partial charge in [-0.3, -0.25) is 4.79 Å². The van der Waals surface area contributed by atoms with E-state index in [0.717, 1.165) is 17.7 Å². The second-order valence-corrected chi connectivity index (χ2v) is 4.56. The first-order valence-corrected chi connectivity index (χ1v) is 6.58. The summed E-state index contributed by atoms with van der Waals surface area (Å²) in [5, 5.41) is -0.458. The van der Waals surface area contributed by atoms with Gasteiger partial charge in [-0.15, -0.1) is 0 Å². The van der Waals surface area contributed by atoms with Gasteiger partial charge in [-0.25, -0.2) is 0 Å². The average molecular weight is 275 g/mol. The van der Waals surface area contributed by atoms with Gasteiger partial charge < -0.3 is 4.74 Å². The van der Waals surface area contributed by atoms with E-state index in [0.29, 0.717) is 12.2 Å². The van der Waals surface area contributed by atoms with Crippen LogP contribution in [0, 0.1) is 0 Å². The van der Waals surface area contributed by atoms with Crippen molar-refractivity contribution < 1.29 is 9.53 Å². The first kappa shape index (κ1) is 13.6. The van der Waals surface area contributed by atoms with Crippen LogP contribution in [-0.2, 0) is 13.0 Å². The summed E-state index contributed by atoms with van der Waals surface area (Å²) in [4.78, 5) is 11.3. The van der Waals surface area contributed by atoms with Crippen molar-refractivity contribution in [2.45, 2.75) is 20.0 Å². The Hall–Kier alpha value is -1.80. The van der Waals surface area contributed by atoms with E-state index in [-0.39, 0.29) is 0 Å². The number of ether oxygens (including phenoxy) is 1. The lowest BCUT2D eigenvalue weighted by Crippen LogP contribution is -2.02. The molecule has 0 aromatic heterocycles. The zero-order valence-corrected chi connectivity index (χ0v) is 11.5. The SMILES string of the molecule is CCc1ccc(OCc2ccccc2C(=O)Cl)cc1. The zero-order valence-electron chi connectivity index (χ0n) is 10.7. The number of carbonyl (C=O) groups excluding carboxylic acids is 1. The molecular weight excluding hydrogens is 260 g/mol. The molecule has 0 bridgehead atoms. The van der Waals surface area contributed by atoms with Crippen molar-refractivity contribution >= 4 is 16.8 Å². The topological polar surface area (TPSA) is 26.3 Å². The Bertz CT molecular complexity index is 561. The van der Waals surface area contributed by atoms with Gasteiger partial charge in [-0.1, -0.05) is 37.3 Å².